The number of rotatable bonds is 6. The van der Waals surface area contributed by atoms with E-state index in [0.29, 0.717) is 11.3 Å². The molecule has 1 saturated heterocycles. The molecule has 1 aliphatic heterocycles. The minimum absolute atomic E-state index is 0.0122. The molecule has 3 aromatic heterocycles. The summed E-state index contributed by atoms with van der Waals surface area (Å²) in [4.78, 5) is 27.1. The summed E-state index contributed by atoms with van der Waals surface area (Å²) in [5.74, 6) is 0.734. The van der Waals surface area contributed by atoms with Crippen molar-refractivity contribution in [2.75, 3.05) is 23.3 Å². The topological polar surface area (TPSA) is 122 Å². The molecule has 32 heavy (non-hydrogen) atoms. The van der Waals surface area contributed by atoms with Crippen molar-refractivity contribution in [3.05, 3.63) is 30.9 Å². The van der Waals surface area contributed by atoms with Gasteiger partial charge in [-0.25, -0.2) is 0 Å². The molecule has 1 aliphatic carbocycles. The van der Waals surface area contributed by atoms with E-state index in [1.54, 1.807) is 27.9 Å². The zero-order chi connectivity index (χ0) is 21.9. The highest BCUT2D eigenvalue weighted by Crippen LogP contribution is 2.23. The molecule has 0 radical (unpaired) electrons. The summed E-state index contributed by atoms with van der Waals surface area (Å²) in [6, 6.07) is 4.11. The first-order chi connectivity index (χ1) is 15.6. The Morgan fingerprint density at radius 1 is 1.09 bits per heavy atom. The van der Waals surface area contributed by atoms with Gasteiger partial charge in [0.05, 0.1) is 11.9 Å². The van der Waals surface area contributed by atoms with Crippen molar-refractivity contribution in [3.63, 3.8) is 0 Å². The van der Waals surface area contributed by atoms with E-state index in [0.717, 1.165) is 44.6 Å². The molecule has 1 saturated carbocycles. The van der Waals surface area contributed by atoms with Gasteiger partial charge in [0.15, 0.2) is 5.65 Å². The van der Waals surface area contributed by atoms with Gasteiger partial charge in [0.1, 0.15) is 18.7 Å². The number of hydrogen-bond acceptors (Lipinski definition) is 7. The fourth-order valence-electron chi connectivity index (χ4n) is 4.51. The summed E-state index contributed by atoms with van der Waals surface area (Å²) in [7, 11) is 0. The van der Waals surface area contributed by atoms with E-state index in [-0.39, 0.29) is 30.3 Å². The van der Waals surface area contributed by atoms with Gasteiger partial charge in [0.25, 0.3) is 0 Å². The number of nitrogens with zero attached hydrogens (tertiary/aromatic N) is 7. The van der Waals surface area contributed by atoms with Crippen molar-refractivity contribution in [3.8, 4) is 0 Å². The Hall–Kier alpha value is -3.50. The van der Waals surface area contributed by atoms with E-state index in [1.165, 1.54) is 12.8 Å². The van der Waals surface area contributed by atoms with E-state index < -0.39 is 0 Å². The zero-order valence-corrected chi connectivity index (χ0v) is 17.9. The fraction of sp³-hybridized carbons (Fsp3) is 0.524. The number of hydrogen-bond donors (Lipinski definition) is 2. The monoisotopic (exact) mass is 437 g/mol. The number of carbonyl (C=O) groups excluding carboxylic acids is 2. The quantitative estimate of drug-likeness (QED) is 0.595. The van der Waals surface area contributed by atoms with E-state index in [2.05, 4.69) is 35.9 Å². The first-order valence-electron chi connectivity index (χ1n) is 11.2. The molecule has 3 aromatic rings. The summed E-state index contributed by atoms with van der Waals surface area (Å²) in [6.07, 6.45) is 10.8. The number of carbonyl (C=O) groups is 2. The average molecular weight is 438 g/mol. The Morgan fingerprint density at radius 3 is 2.72 bits per heavy atom. The summed E-state index contributed by atoms with van der Waals surface area (Å²) in [5.41, 5.74) is 1.32. The third-order valence-electron chi connectivity index (χ3n) is 6.26. The molecule has 0 aromatic carbocycles. The predicted molar refractivity (Wildman–Crippen MR) is 117 cm³/mol. The molecule has 2 N–H and O–H groups in total. The van der Waals surface area contributed by atoms with Crippen LogP contribution in [0.25, 0.3) is 5.65 Å². The maximum atomic E-state index is 12.7. The molecular weight excluding hydrogens is 410 g/mol. The van der Waals surface area contributed by atoms with Gasteiger partial charge in [0, 0.05) is 31.2 Å². The van der Waals surface area contributed by atoms with Crippen LogP contribution in [0.3, 0.4) is 0 Å². The van der Waals surface area contributed by atoms with E-state index in [4.69, 9.17) is 0 Å². The molecule has 11 heteroatoms. The zero-order valence-electron chi connectivity index (χ0n) is 17.9. The van der Waals surface area contributed by atoms with Crippen molar-refractivity contribution >= 4 is 29.0 Å². The van der Waals surface area contributed by atoms with Gasteiger partial charge in [-0.15, -0.1) is 15.3 Å². The van der Waals surface area contributed by atoms with Crippen LogP contribution in [0.4, 0.5) is 11.5 Å². The molecule has 168 valence electrons. The van der Waals surface area contributed by atoms with Crippen molar-refractivity contribution in [2.45, 2.75) is 51.1 Å². The molecule has 2 amide bonds. The number of aromatic nitrogens is 6. The maximum absolute atomic E-state index is 12.7. The largest absolute Gasteiger partial charge is 0.355 e. The number of anilines is 2. The summed E-state index contributed by atoms with van der Waals surface area (Å²) >= 11 is 0. The summed E-state index contributed by atoms with van der Waals surface area (Å²) < 4.78 is 3.22. The molecule has 5 rings (SSSR count). The third kappa shape index (κ3) is 4.56. The van der Waals surface area contributed by atoms with E-state index in [1.807, 2.05) is 12.1 Å². The second-order valence-electron chi connectivity index (χ2n) is 8.55. The highest BCUT2D eigenvalue weighted by molar-refractivity contribution is 5.92. The van der Waals surface area contributed by atoms with Crippen LogP contribution in [0.15, 0.2) is 30.9 Å². The van der Waals surface area contributed by atoms with Gasteiger partial charge < -0.3 is 15.5 Å². The molecule has 4 heterocycles. The lowest BCUT2D eigenvalue weighted by atomic mass is 9.96. The predicted octanol–water partition coefficient (Wildman–Crippen LogP) is 1.23. The van der Waals surface area contributed by atoms with Gasteiger partial charge in [-0.05, 0) is 37.8 Å². The second-order valence-corrected chi connectivity index (χ2v) is 8.55. The Morgan fingerprint density at radius 2 is 1.91 bits per heavy atom. The third-order valence-corrected chi connectivity index (χ3v) is 6.26. The molecule has 0 unspecified atom stereocenters. The lowest BCUT2D eigenvalue weighted by Crippen LogP contribution is -2.38. The first kappa shape index (κ1) is 20.4. The SMILES string of the molecule is O=C(Cn1cc(NC(=O)C2CCN(c3ccc4nncn4n3)CC2)cn1)NC1CCCC1. The van der Waals surface area contributed by atoms with E-state index >= 15 is 0 Å². The van der Waals surface area contributed by atoms with Crippen LogP contribution in [0.1, 0.15) is 38.5 Å². The van der Waals surface area contributed by atoms with Gasteiger partial charge in [0.2, 0.25) is 11.8 Å². The Bertz CT molecular complexity index is 1090. The van der Waals surface area contributed by atoms with Crippen LogP contribution >= 0.6 is 0 Å². The van der Waals surface area contributed by atoms with Crippen LogP contribution < -0.4 is 15.5 Å². The van der Waals surface area contributed by atoms with Crippen LogP contribution in [0, 0.1) is 5.92 Å². The minimum Gasteiger partial charge on any atom is -0.355 e. The lowest BCUT2D eigenvalue weighted by molar-refractivity contribution is -0.122. The summed E-state index contributed by atoms with van der Waals surface area (Å²) in [6.45, 7) is 1.66. The van der Waals surface area contributed by atoms with Crippen LogP contribution in [-0.2, 0) is 16.1 Å². The second kappa shape index (κ2) is 8.93. The fourth-order valence-corrected chi connectivity index (χ4v) is 4.51. The van der Waals surface area contributed by atoms with Crippen molar-refractivity contribution in [1.82, 2.24) is 34.9 Å². The van der Waals surface area contributed by atoms with Crippen LogP contribution in [0.2, 0.25) is 0 Å². The number of fused-ring (bicyclic) bond motifs is 1. The summed E-state index contributed by atoms with van der Waals surface area (Å²) in [5, 5.41) is 22.6. The van der Waals surface area contributed by atoms with E-state index in [9.17, 15) is 9.59 Å². The Kier molecular flexibility index (Phi) is 5.70. The number of piperidine rings is 1. The van der Waals surface area contributed by atoms with Gasteiger partial charge in [-0.1, -0.05) is 12.8 Å². The van der Waals surface area contributed by atoms with Gasteiger partial charge >= 0.3 is 0 Å². The first-order valence-corrected chi connectivity index (χ1v) is 11.2. The molecule has 11 nitrogen and oxygen atoms in total. The average Bonchev–Trinajstić information content (AvgIpc) is 3.56. The Balaban J connectivity index is 1.10. The minimum atomic E-state index is -0.0705. The van der Waals surface area contributed by atoms with Crippen LogP contribution in [-0.4, -0.2) is 60.5 Å². The molecule has 0 atom stereocenters. The lowest BCUT2D eigenvalue weighted by Gasteiger charge is -2.31. The molecule has 2 aliphatic rings. The van der Waals surface area contributed by atoms with Gasteiger partial charge in [-0.3, -0.25) is 14.3 Å². The Labute approximate surface area is 185 Å². The number of nitrogens with one attached hydrogen (secondary N) is 2. The number of amides is 2. The highest BCUT2D eigenvalue weighted by atomic mass is 16.2. The maximum Gasteiger partial charge on any atom is 0.241 e. The molecule has 2 fully saturated rings. The van der Waals surface area contributed by atoms with Crippen LogP contribution in [0.5, 0.6) is 0 Å². The normalized spacial score (nSPS) is 17.7. The van der Waals surface area contributed by atoms with Gasteiger partial charge in [-0.2, -0.15) is 9.61 Å². The van der Waals surface area contributed by atoms with Crippen molar-refractivity contribution in [1.29, 1.82) is 0 Å². The highest BCUT2D eigenvalue weighted by Gasteiger charge is 2.26. The smallest absolute Gasteiger partial charge is 0.241 e. The molecule has 0 bridgehead atoms. The molecule has 0 spiro atoms. The standard InChI is InChI=1S/C21H27N9O2/c31-20(24-16-3-1-2-4-16)13-29-12-17(11-23-29)25-21(32)15-7-9-28(10-8-15)19-6-5-18-26-22-14-30(18)27-19/h5-6,11-12,14-16H,1-4,7-10,13H2,(H,24,31)(H,25,32). The molecular formula is C21H27N9O2. The van der Waals surface area contributed by atoms with Crippen molar-refractivity contribution < 1.29 is 9.59 Å². The van der Waals surface area contributed by atoms with Crippen molar-refractivity contribution in [2.24, 2.45) is 5.92 Å².